The maximum atomic E-state index is 12.4. The molecule has 9 nitrogen and oxygen atoms in total. The van der Waals surface area contributed by atoms with Gasteiger partial charge in [0.1, 0.15) is 0 Å². The third-order valence-corrected chi connectivity index (χ3v) is 5.56. The van der Waals surface area contributed by atoms with Crippen molar-refractivity contribution in [3.8, 4) is 11.4 Å². The zero-order valence-electron chi connectivity index (χ0n) is 17.1. The minimum atomic E-state index is -0.150. The fraction of sp³-hybridized carbons (Fsp3) is 0.429. The average molecular weight is 446 g/mol. The molecule has 0 radical (unpaired) electrons. The Morgan fingerprint density at radius 2 is 1.55 bits per heavy atom. The van der Waals surface area contributed by atoms with Crippen LogP contribution in [0.4, 0.5) is 0 Å². The molecule has 0 aliphatic carbocycles. The first-order valence-electron chi connectivity index (χ1n) is 10.2. The Balaban J connectivity index is 1.24. The highest BCUT2D eigenvalue weighted by atomic mass is 35.5. The molecule has 0 spiro atoms. The van der Waals surface area contributed by atoms with Gasteiger partial charge in [-0.3, -0.25) is 14.5 Å². The molecule has 164 valence electrons. The number of ether oxygens (including phenoxy) is 1. The molecule has 31 heavy (non-hydrogen) atoms. The van der Waals surface area contributed by atoms with E-state index in [1.165, 1.54) is 12.2 Å². The van der Waals surface area contributed by atoms with E-state index in [9.17, 15) is 9.59 Å². The van der Waals surface area contributed by atoms with Crippen molar-refractivity contribution in [2.75, 3.05) is 52.5 Å². The zero-order valence-corrected chi connectivity index (χ0v) is 17.8. The lowest BCUT2D eigenvalue weighted by molar-refractivity contribution is -0.131. The normalized spacial score (nSPS) is 18.0. The SMILES string of the molecule is O=C(C=CC(=O)N1CCN(Cc2nc(-c3ccc(Cl)cc3)no2)CC1)N1CCOCC1. The number of hydrogen-bond acceptors (Lipinski definition) is 7. The predicted molar refractivity (Wildman–Crippen MR) is 113 cm³/mol. The summed E-state index contributed by atoms with van der Waals surface area (Å²) in [6.45, 7) is 5.25. The van der Waals surface area contributed by atoms with Crippen LogP contribution < -0.4 is 0 Å². The number of aromatic nitrogens is 2. The summed E-state index contributed by atoms with van der Waals surface area (Å²) in [6.07, 6.45) is 2.72. The molecule has 2 saturated heterocycles. The first-order valence-corrected chi connectivity index (χ1v) is 10.6. The van der Waals surface area contributed by atoms with E-state index in [1.54, 1.807) is 21.9 Å². The van der Waals surface area contributed by atoms with E-state index in [0.717, 1.165) is 5.56 Å². The van der Waals surface area contributed by atoms with Gasteiger partial charge in [0.25, 0.3) is 0 Å². The summed E-state index contributed by atoms with van der Waals surface area (Å²) in [7, 11) is 0. The first kappa shape index (κ1) is 21.5. The van der Waals surface area contributed by atoms with E-state index >= 15 is 0 Å². The molecule has 3 heterocycles. The Morgan fingerprint density at radius 3 is 2.19 bits per heavy atom. The van der Waals surface area contributed by atoms with E-state index in [1.807, 2.05) is 12.1 Å². The molecule has 1 aromatic carbocycles. The number of carbonyl (C=O) groups excluding carboxylic acids is 2. The Morgan fingerprint density at radius 1 is 0.935 bits per heavy atom. The molecule has 2 aromatic rings. The third-order valence-electron chi connectivity index (χ3n) is 5.30. The molecule has 2 aliphatic heterocycles. The Hall–Kier alpha value is -2.75. The summed E-state index contributed by atoms with van der Waals surface area (Å²) in [5, 5.41) is 4.68. The Kier molecular flexibility index (Phi) is 6.96. The van der Waals surface area contributed by atoms with Crippen molar-refractivity contribution in [1.82, 2.24) is 24.8 Å². The smallest absolute Gasteiger partial charge is 0.246 e. The van der Waals surface area contributed by atoms with Gasteiger partial charge in [0.2, 0.25) is 23.5 Å². The van der Waals surface area contributed by atoms with Crippen LogP contribution in [0.5, 0.6) is 0 Å². The van der Waals surface area contributed by atoms with Crippen LogP contribution in [0.15, 0.2) is 40.9 Å². The molecular weight excluding hydrogens is 422 g/mol. The van der Waals surface area contributed by atoms with Gasteiger partial charge in [-0.15, -0.1) is 0 Å². The van der Waals surface area contributed by atoms with Crippen molar-refractivity contribution in [3.05, 3.63) is 47.3 Å². The van der Waals surface area contributed by atoms with Gasteiger partial charge in [-0.1, -0.05) is 16.8 Å². The molecule has 0 unspecified atom stereocenters. The van der Waals surface area contributed by atoms with Crippen LogP contribution in [0.3, 0.4) is 0 Å². The van der Waals surface area contributed by atoms with Crippen LogP contribution >= 0.6 is 11.6 Å². The summed E-state index contributed by atoms with van der Waals surface area (Å²) >= 11 is 5.91. The lowest BCUT2D eigenvalue weighted by atomic mass is 10.2. The van der Waals surface area contributed by atoms with Crippen LogP contribution in [0.25, 0.3) is 11.4 Å². The number of morpholine rings is 1. The van der Waals surface area contributed by atoms with Gasteiger partial charge in [-0.25, -0.2) is 0 Å². The molecule has 4 rings (SSSR count). The second-order valence-electron chi connectivity index (χ2n) is 7.39. The molecule has 1 aromatic heterocycles. The lowest BCUT2D eigenvalue weighted by Gasteiger charge is -2.33. The van der Waals surface area contributed by atoms with Crippen LogP contribution in [0, 0.1) is 0 Å². The molecule has 2 fully saturated rings. The summed E-state index contributed by atoms with van der Waals surface area (Å²) in [4.78, 5) is 34.6. The minimum Gasteiger partial charge on any atom is -0.378 e. The quantitative estimate of drug-likeness (QED) is 0.643. The van der Waals surface area contributed by atoms with Gasteiger partial charge in [-0.05, 0) is 24.3 Å². The van der Waals surface area contributed by atoms with Gasteiger partial charge in [0, 0.05) is 62.0 Å². The lowest BCUT2D eigenvalue weighted by Crippen LogP contribution is -2.48. The summed E-state index contributed by atoms with van der Waals surface area (Å²) in [6, 6.07) is 7.26. The van der Waals surface area contributed by atoms with Crippen molar-refractivity contribution in [3.63, 3.8) is 0 Å². The summed E-state index contributed by atoms with van der Waals surface area (Å²) in [5.74, 6) is 0.753. The van der Waals surface area contributed by atoms with E-state index in [4.69, 9.17) is 20.9 Å². The minimum absolute atomic E-state index is 0.149. The Bertz CT molecular complexity index is 932. The fourth-order valence-corrected chi connectivity index (χ4v) is 3.62. The number of benzene rings is 1. The van der Waals surface area contributed by atoms with Crippen molar-refractivity contribution < 1.29 is 18.8 Å². The number of hydrogen-bond donors (Lipinski definition) is 0. The monoisotopic (exact) mass is 445 g/mol. The second kappa shape index (κ2) is 10.0. The molecule has 0 bridgehead atoms. The van der Waals surface area contributed by atoms with Crippen LogP contribution in [0.2, 0.25) is 5.02 Å². The number of rotatable bonds is 5. The standard InChI is InChI=1S/C21H24ClN5O4/c22-17-3-1-16(2-4-17)21-23-18(31-24-21)15-25-7-9-26(10-8-25)19(28)5-6-20(29)27-11-13-30-14-12-27/h1-6H,7-15H2. The van der Waals surface area contributed by atoms with Crippen molar-refractivity contribution in [2.24, 2.45) is 0 Å². The highest BCUT2D eigenvalue weighted by molar-refractivity contribution is 6.30. The van der Waals surface area contributed by atoms with Gasteiger partial charge >= 0.3 is 0 Å². The second-order valence-corrected chi connectivity index (χ2v) is 7.83. The maximum absolute atomic E-state index is 12.4. The molecular formula is C21H24ClN5O4. The van der Waals surface area contributed by atoms with Gasteiger partial charge in [-0.2, -0.15) is 4.98 Å². The maximum Gasteiger partial charge on any atom is 0.246 e. The van der Waals surface area contributed by atoms with E-state index in [0.29, 0.717) is 75.8 Å². The number of nitrogens with zero attached hydrogens (tertiary/aromatic N) is 5. The molecule has 0 atom stereocenters. The van der Waals surface area contributed by atoms with Crippen molar-refractivity contribution >= 4 is 23.4 Å². The molecule has 0 N–H and O–H groups in total. The fourth-order valence-electron chi connectivity index (χ4n) is 3.49. The molecule has 2 aliphatic rings. The number of halogens is 1. The van der Waals surface area contributed by atoms with Crippen molar-refractivity contribution in [1.29, 1.82) is 0 Å². The molecule has 0 saturated carbocycles. The highest BCUT2D eigenvalue weighted by Crippen LogP contribution is 2.19. The van der Waals surface area contributed by atoms with Crippen LogP contribution in [-0.4, -0.2) is 89.1 Å². The van der Waals surface area contributed by atoms with Gasteiger partial charge in [0.15, 0.2) is 0 Å². The first-order chi connectivity index (χ1) is 15.1. The van der Waals surface area contributed by atoms with E-state index < -0.39 is 0 Å². The topological polar surface area (TPSA) is 92.0 Å². The number of piperazine rings is 1. The zero-order chi connectivity index (χ0) is 21.6. The van der Waals surface area contributed by atoms with Crippen LogP contribution in [0.1, 0.15) is 5.89 Å². The van der Waals surface area contributed by atoms with Gasteiger partial charge in [0.05, 0.1) is 19.8 Å². The van der Waals surface area contributed by atoms with E-state index in [-0.39, 0.29) is 11.8 Å². The van der Waals surface area contributed by atoms with Crippen molar-refractivity contribution in [2.45, 2.75) is 6.54 Å². The highest BCUT2D eigenvalue weighted by Gasteiger charge is 2.22. The largest absolute Gasteiger partial charge is 0.378 e. The number of amides is 2. The van der Waals surface area contributed by atoms with Gasteiger partial charge < -0.3 is 19.1 Å². The summed E-state index contributed by atoms with van der Waals surface area (Å²) in [5.41, 5.74) is 0.841. The summed E-state index contributed by atoms with van der Waals surface area (Å²) < 4.78 is 10.6. The molecule has 2 amide bonds. The van der Waals surface area contributed by atoms with E-state index in [2.05, 4.69) is 15.0 Å². The van der Waals surface area contributed by atoms with Crippen LogP contribution in [-0.2, 0) is 20.9 Å². The molecule has 10 heteroatoms. The average Bonchev–Trinajstić information content (AvgIpc) is 3.27. The number of carbonyl (C=O) groups is 2. The Labute approximate surface area is 185 Å². The third kappa shape index (κ3) is 5.69. The predicted octanol–water partition coefficient (Wildman–Crippen LogP) is 1.45.